The molecule has 3 aromatic rings. The monoisotopic (exact) mass is 403 g/mol. The lowest BCUT2D eigenvalue weighted by molar-refractivity contribution is -0.383. The number of aromatic nitrogens is 1. The summed E-state index contributed by atoms with van der Waals surface area (Å²) < 4.78 is 7.23. The van der Waals surface area contributed by atoms with Crippen molar-refractivity contribution in [3.05, 3.63) is 52.6 Å². The molecule has 1 atom stereocenters. The highest BCUT2D eigenvalue weighted by atomic mass is 32.2. The van der Waals surface area contributed by atoms with Crippen molar-refractivity contribution in [3.8, 4) is 5.75 Å². The number of thioether (sulfide) groups is 1. The Bertz CT molecular complexity index is 990. The standard InChI is InChI=1S/C18H17N3O4S2/c1-3-25-12-8-9-14-16(10-12)27-18(20-14)26-11(2)17(22)19-13-6-4-5-7-15(13)21(23)24/h4-11H,3H2,1-2H3,(H,19,22)/t11-/m0/s1. The summed E-state index contributed by atoms with van der Waals surface area (Å²) in [5.41, 5.74) is 0.898. The van der Waals surface area contributed by atoms with Gasteiger partial charge in [0.2, 0.25) is 5.91 Å². The highest BCUT2D eigenvalue weighted by Crippen LogP contribution is 2.34. The van der Waals surface area contributed by atoms with Crippen LogP contribution >= 0.6 is 23.1 Å². The van der Waals surface area contributed by atoms with Crippen molar-refractivity contribution in [2.24, 2.45) is 0 Å². The summed E-state index contributed by atoms with van der Waals surface area (Å²) in [5, 5.41) is 13.2. The molecule has 0 aliphatic heterocycles. The van der Waals surface area contributed by atoms with Gasteiger partial charge in [-0.3, -0.25) is 14.9 Å². The van der Waals surface area contributed by atoms with Crippen LogP contribution in [-0.4, -0.2) is 27.7 Å². The number of carbonyl (C=O) groups excluding carboxylic acids is 1. The Balaban J connectivity index is 1.71. The lowest BCUT2D eigenvalue weighted by Gasteiger charge is -2.10. The maximum absolute atomic E-state index is 12.4. The molecule has 0 spiro atoms. The average molecular weight is 403 g/mol. The van der Waals surface area contributed by atoms with Crippen molar-refractivity contribution in [3.63, 3.8) is 0 Å². The minimum absolute atomic E-state index is 0.133. The largest absolute Gasteiger partial charge is 0.494 e. The minimum Gasteiger partial charge on any atom is -0.494 e. The molecule has 27 heavy (non-hydrogen) atoms. The van der Waals surface area contributed by atoms with Crippen LogP contribution < -0.4 is 10.1 Å². The van der Waals surface area contributed by atoms with Crippen molar-refractivity contribution < 1.29 is 14.5 Å². The number of nitro groups is 1. The molecule has 0 fully saturated rings. The SMILES string of the molecule is CCOc1ccc2nc(S[C@@H](C)C(=O)Nc3ccccc3[N+](=O)[O-])sc2c1. The van der Waals surface area contributed by atoms with Crippen LogP contribution in [0.15, 0.2) is 46.8 Å². The summed E-state index contributed by atoms with van der Waals surface area (Å²) in [6.45, 7) is 4.26. The third-order valence-electron chi connectivity index (χ3n) is 3.66. The van der Waals surface area contributed by atoms with E-state index in [0.29, 0.717) is 6.61 Å². The van der Waals surface area contributed by atoms with E-state index in [9.17, 15) is 14.9 Å². The molecule has 3 rings (SSSR count). The summed E-state index contributed by atoms with van der Waals surface area (Å²) in [5.74, 6) is 0.468. The number of ether oxygens (including phenoxy) is 1. The number of benzene rings is 2. The first-order valence-corrected chi connectivity index (χ1v) is 9.92. The van der Waals surface area contributed by atoms with Gasteiger partial charge < -0.3 is 10.1 Å². The van der Waals surface area contributed by atoms with E-state index in [-0.39, 0.29) is 17.3 Å². The second-order valence-corrected chi connectivity index (χ2v) is 8.18. The molecule has 1 aromatic heterocycles. The molecule has 0 bridgehead atoms. The van der Waals surface area contributed by atoms with Crippen molar-refractivity contribution in [1.29, 1.82) is 0 Å². The summed E-state index contributed by atoms with van der Waals surface area (Å²) in [7, 11) is 0. The molecule has 1 heterocycles. The fourth-order valence-electron chi connectivity index (χ4n) is 2.37. The number of amides is 1. The summed E-state index contributed by atoms with van der Waals surface area (Å²) >= 11 is 2.80. The topological polar surface area (TPSA) is 94.4 Å². The number of nitrogens with one attached hydrogen (secondary N) is 1. The smallest absolute Gasteiger partial charge is 0.292 e. The van der Waals surface area contributed by atoms with Crippen LogP contribution in [0.2, 0.25) is 0 Å². The Kier molecular flexibility index (Phi) is 5.92. The van der Waals surface area contributed by atoms with Crippen LogP contribution in [0, 0.1) is 10.1 Å². The predicted molar refractivity (Wildman–Crippen MR) is 108 cm³/mol. The molecule has 1 N–H and O–H groups in total. The molecule has 0 saturated carbocycles. The Morgan fingerprint density at radius 3 is 2.89 bits per heavy atom. The zero-order valence-corrected chi connectivity index (χ0v) is 16.3. The maximum atomic E-state index is 12.4. The second-order valence-electron chi connectivity index (χ2n) is 5.57. The lowest BCUT2D eigenvalue weighted by atomic mass is 10.2. The molecule has 0 radical (unpaired) electrons. The minimum atomic E-state index is -0.517. The third-order valence-corrected chi connectivity index (χ3v) is 5.87. The number of hydrogen-bond acceptors (Lipinski definition) is 7. The van der Waals surface area contributed by atoms with E-state index < -0.39 is 10.2 Å². The fourth-order valence-corrected chi connectivity index (χ4v) is 4.61. The van der Waals surface area contributed by atoms with Crippen LogP contribution in [0.4, 0.5) is 11.4 Å². The van der Waals surface area contributed by atoms with Crippen molar-refractivity contribution in [2.45, 2.75) is 23.4 Å². The van der Waals surface area contributed by atoms with Gasteiger partial charge in [-0.05, 0) is 38.1 Å². The molecule has 0 unspecified atom stereocenters. The fraction of sp³-hybridized carbons (Fsp3) is 0.222. The number of nitrogens with zero attached hydrogens (tertiary/aromatic N) is 2. The maximum Gasteiger partial charge on any atom is 0.292 e. The Labute approximate surface area is 163 Å². The number of anilines is 1. The van der Waals surface area contributed by atoms with E-state index in [4.69, 9.17) is 4.74 Å². The number of thiazole rings is 1. The lowest BCUT2D eigenvalue weighted by Crippen LogP contribution is -2.22. The molecule has 9 heteroatoms. The Hall–Kier alpha value is -2.65. The molecular formula is C18H17N3O4S2. The summed E-state index contributed by atoms with van der Waals surface area (Å²) in [6.07, 6.45) is 0. The van der Waals surface area contributed by atoms with Crippen LogP contribution in [-0.2, 0) is 4.79 Å². The van der Waals surface area contributed by atoms with E-state index in [2.05, 4.69) is 10.3 Å². The molecule has 7 nitrogen and oxygen atoms in total. The summed E-state index contributed by atoms with van der Waals surface area (Å²) in [4.78, 5) is 27.5. The number of para-hydroxylation sites is 2. The van der Waals surface area contributed by atoms with Gasteiger partial charge in [0.1, 0.15) is 11.4 Å². The van der Waals surface area contributed by atoms with Gasteiger partial charge >= 0.3 is 0 Å². The molecule has 0 aliphatic rings. The number of hydrogen-bond donors (Lipinski definition) is 1. The molecule has 140 valence electrons. The van der Waals surface area contributed by atoms with E-state index in [0.717, 1.165) is 20.3 Å². The van der Waals surface area contributed by atoms with Gasteiger partial charge in [0.05, 0.1) is 27.0 Å². The van der Waals surface area contributed by atoms with Crippen LogP contribution in [0.1, 0.15) is 13.8 Å². The summed E-state index contributed by atoms with van der Waals surface area (Å²) in [6, 6.07) is 11.8. The van der Waals surface area contributed by atoms with E-state index in [1.54, 1.807) is 19.1 Å². The number of carbonyl (C=O) groups is 1. The highest BCUT2D eigenvalue weighted by molar-refractivity contribution is 8.02. The van der Waals surface area contributed by atoms with Gasteiger partial charge in [-0.15, -0.1) is 11.3 Å². The van der Waals surface area contributed by atoms with Crippen molar-refractivity contribution >= 4 is 50.6 Å². The second kappa shape index (κ2) is 8.36. The van der Waals surface area contributed by atoms with Crippen LogP contribution in [0.5, 0.6) is 5.75 Å². The van der Waals surface area contributed by atoms with Gasteiger partial charge in [-0.1, -0.05) is 23.9 Å². The quantitative estimate of drug-likeness (QED) is 0.348. The molecule has 2 aromatic carbocycles. The van der Waals surface area contributed by atoms with Crippen molar-refractivity contribution in [2.75, 3.05) is 11.9 Å². The average Bonchev–Trinajstić information content (AvgIpc) is 3.03. The first-order valence-electron chi connectivity index (χ1n) is 8.22. The first kappa shape index (κ1) is 19.1. The van der Waals surface area contributed by atoms with Gasteiger partial charge in [-0.25, -0.2) is 4.98 Å². The molecular weight excluding hydrogens is 386 g/mol. The van der Waals surface area contributed by atoms with Crippen molar-refractivity contribution in [1.82, 2.24) is 4.98 Å². The van der Waals surface area contributed by atoms with E-state index >= 15 is 0 Å². The first-order chi connectivity index (χ1) is 13.0. The number of fused-ring (bicyclic) bond motifs is 1. The number of nitro benzene ring substituents is 1. The molecule has 0 aliphatic carbocycles. The zero-order valence-electron chi connectivity index (χ0n) is 14.7. The van der Waals surface area contributed by atoms with Crippen LogP contribution in [0.25, 0.3) is 10.2 Å². The normalized spacial score (nSPS) is 11.9. The number of rotatable bonds is 7. The highest BCUT2D eigenvalue weighted by Gasteiger charge is 2.21. The van der Waals surface area contributed by atoms with Crippen LogP contribution in [0.3, 0.4) is 0 Å². The van der Waals surface area contributed by atoms with Gasteiger partial charge in [0.15, 0.2) is 4.34 Å². The van der Waals surface area contributed by atoms with E-state index in [1.807, 2.05) is 25.1 Å². The van der Waals surface area contributed by atoms with Gasteiger partial charge in [0, 0.05) is 6.07 Å². The Morgan fingerprint density at radius 1 is 1.37 bits per heavy atom. The zero-order chi connectivity index (χ0) is 19.4. The Morgan fingerprint density at radius 2 is 2.15 bits per heavy atom. The van der Waals surface area contributed by atoms with Gasteiger partial charge in [0.25, 0.3) is 5.69 Å². The predicted octanol–water partition coefficient (Wildman–Crippen LogP) is 4.72. The van der Waals surface area contributed by atoms with E-state index in [1.165, 1.54) is 35.2 Å². The third kappa shape index (κ3) is 4.55. The molecule has 1 amide bonds. The molecule has 0 saturated heterocycles. The van der Waals surface area contributed by atoms with Gasteiger partial charge in [-0.2, -0.15) is 0 Å².